The zero-order chi connectivity index (χ0) is 14.0. The molecule has 1 aromatic carbocycles. The van der Waals surface area contributed by atoms with Gasteiger partial charge in [-0.25, -0.2) is 0 Å². The fourth-order valence-corrected chi connectivity index (χ4v) is 2.93. The first-order chi connectivity index (χ1) is 9.02. The molecule has 0 aromatic heterocycles. The molecular weight excluding hydrogens is 300 g/mol. The third-order valence-corrected chi connectivity index (χ3v) is 4.84. The van der Waals surface area contributed by atoms with Crippen molar-refractivity contribution in [1.29, 1.82) is 0 Å². The minimum absolute atomic E-state index is 0.254. The van der Waals surface area contributed by atoms with Gasteiger partial charge in [-0.2, -0.15) is 0 Å². The Labute approximate surface area is 125 Å². The summed E-state index contributed by atoms with van der Waals surface area (Å²) in [4.78, 5) is 2.43. The summed E-state index contributed by atoms with van der Waals surface area (Å²) in [5, 5.41) is 0. The van der Waals surface area contributed by atoms with Crippen molar-refractivity contribution in [2.45, 2.75) is 51.6 Å². The lowest BCUT2D eigenvalue weighted by molar-refractivity contribution is 0.601. The fourth-order valence-electron chi connectivity index (χ4n) is 2.58. The molecule has 1 aromatic rings. The monoisotopic (exact) mass is 324 g/mol. The number of rotatable bonds is 6. The third-order valence-electron chi connectivity index (χ3n) is 4.35. The summed E-state index contributed by atoms with van der Waals surface area (Å²) in [5.41, 5.74) is 8.83. The summed E-state index contributed by atoms with van der Waals surface area (Å²) < 4.78 is 1.14. The van der Waals surface area contributed by atoms with Gasteiger partial charge in [0.1, 0.15) is 0 Å². The molecule has 106 valence electrons. The molecule has 0 spiro atoms. The van der Waals surface area contributed by atoms with Crippen LogP contribution in [0.4, 0.5) is 5.69 Å². The maximum atomic E-state index is 6.13. The van der Waals surface area contributed by atoms with Gasteiger partial charge >= 0.3 is 0 Å². The quantitative estimate of drug-likeness (QED) is 0.858. The number of hydrogen-bond acceptors (Lipinski definition) is 2. The summed E-state index contributed by atoms with van der Waals surface area (Å²) in [6, 6.07) is 7.44. The maximum Gasteiger partial charge on any atom is 0.0410 e. The van der Waals surface area contributed by atoms with E-state index in [4.69, 9.17) is 5.73 Å². The van der Waals surface area contributed by atoms with Gasteiger partial charge in [0, 0.05) is 29.3 Å². The predicted octanol–water partition coefficient (Wildman–Crippen LogP) is 3.96. The van der Waals surface area contributed by atoms with Crippen LogP contribution in [-0.4, -0.2) is 19.1 Å². The average Bonchev–Trinajstić information content (AvgIpc) is 3.23. The highest BCUT2D eigenvalue weighted by Crippen LogP contribution is 2.37. The molecule has 0 bridgehead atoms. The summed E-state index contributed by atoms with van der Waals surface area (Å²) in [6.07, 6.45) is 4.74. The van der Waals surface area contributed by atoms with Crippen molar-refractivity contribution in [1.82, 2.24) is 0 Å². The smallest absolute Gasteiger partial charge is 0.0410 e. The van der Waals surface area contributed by atoms with Crippen LogP contribution in [0.5, 0.6) is 0 Å². The fraction of sp³-hybridized carbons (Fsp3) is 0.625. The second kappa shape index (κ2) is 6.27. The molecule has 19 heavy (non-hydrogen) atoms. The number of nitrogens with two attached hydrogens (primary N) is 1. The Morgan fingerprint density at radius 1 is 1.42 bits per heavy atom. The standard InChI is InChI=1S/C16H25BrN2/c1-4-15(18)9-13-7-8-14(17)10-16(13)19(3)11(2)12-5-6-12/h7-8,10-12,15H,4-6,9,18H2,1-3H3. The molecule has 1 aliphatic carbocycles. The summed E-state index contributed by atoms with van der Waals surface area (Å²) in [5.74, 6) is 0.872. The van der Waals surface area contributed by atoms with E-state index in [1.807, 2.05) is 0 Å². The molecule has 3 heteroatoms. The van der Waals surface area contributed by atoms with E-state index in [-0.39, 0.29) is 6.04 Å². The van der Waals surface area contributed by atoms with Crippen LogP contribution in [0.2, 0.25) is 0 Å². The highest BCUT2D eigenvalue weighted by molar-refractivity contribution is 9.10. The topological polar surface area (TPSA) is 29.3 Å². The van der Waals surface area contributed by atoms with Crippen LogP contribution < -0.4 is 10.6 Å². The number of hydrogen-bond donors (Lipinski definition) is 1. The number of halogens is 1. The van der Waals surface area contributed by atoms with Crippen LogP contribution in [0.25, 0.3) is 0 Å². The van der Waals surface area contributed by atoms with E-state index >= 15 is 0 Å². The van der Waals surface area contributed by atoms with Gasteiger partial charge in [0.2, 0.25) is 0 Å². The number of anilines is 1. The van der Waals surface area contributed by atoms with E-state index in [2.05, 4.69) is 59.9 Å². The van der Waals surface area contributed by atoms with Crippen molar-refractivity contribution in [3.05, 3.63) is 28.2 Å². The Morgan fingerprint density at radius 2 is 2.11 bits per heavy atom. The van der Waals surface area contributed by atoms with Gasteiger partial charge in [0.15, 0.2) is 0 Å². The molecule has 1 fully saturated rings. The van der Waals surface area contributed by atoms with Gasteiger partial charge in [0.25, 0.3) is 0 Å². The van der Waals surface area contributed by atoms with Gasteiger partial charge in [-0.05, 0) is 56.2 Å². The molecule has 0 heterocycles. The van der Waals surface area contributed by atoms with Crippen molar-refractivity contribution in [2.24, 2.45) is 11.7 Å². The molecular formula is C16H25BrN2. The van der Waals surface area contributed by atoms with Gasteiger partial charge < -0.3 is 10.6 Å². The first-order valence-electron chi connectivity index (χ1n) is 7.29. The van der Waals surface area contributed by atoms with E-state index in [9.17, 15) is 0 Å². The molecule has 2 nitrogen and oxygen atoms in total. The second-order valence-electron chi connectivity index (χ2n) is 5.83. The SMILES string of the molecule is CCC(N)Cc1ccc(Br)cc1N(C)C(C)C1CC1. The second-order valence-corrected chi connectivity index (χ2v) is 6.75. The van der Waals surface area contributed by atoms with E-state index in [0.29, 0.717) is 6.04 Å². The Kier molecular flexibility index (Phi) is 4.91. The maximum absolute atomic E-state index is 6.13. The van der Waals surface area contributed by atoms with Gasteiger partial charge in [-0.15, -0.1) is 0 Å². The van der Waals surface area contributed by atoms with Gasteiger partial charge in [0.05, 0.1) is 0 Å². The van der Waals surface area contributed by atoms with Crippen LogP contribution in [0, 0.1) is 5.92 Å². The first-order valence-corrected chi connectivity index (χ1v) is 8.09. The van der Waals surface area contributed by atoms with Crippen LogP contribution >= 0.6 is 15.9 Å². The van der Waals surface area contributed by atoms with Crippen LogP contribution in [0.1, 0.15) is 38.7 Å². The Morgan fingerprint density at radius 3 is 2.68 bits per heavy atom. The summed E-state index contributed by atoms with van der Waals surface area (Å²) in [7, 11) is 2.21. The lowest BCUT2D eigenvalue weighted by atomic mass is 10.0. The lowest BCUT2D eigenvalue weighted by Gasteiger charge is -2.30. The Hall–Kier alpha value is -0.540. The highest BCUT2D eigenvalue weighted by atomic mass is 79.9. The highest BCUT2D eigenvalue weighted by Gasteiger charge is 2.31. The Bertz CT molecular complexity index is 429. The third kappa shape index (κ3) is 3.73. The zero-order valence-corrected chi connectivity index (χ0v) is 13.8. The summed E-state index contributed by atoms with van der Waals surface area (Å²) in [6.45, 7) is 4.49. The van der Waals surface area contributed by atoms with Crippen LogP contribution in [0.15, 0.2) is 22.7 Å². The predicted molar refractivity (Wildman–Crippen MR) is 86.7 cm³/mol. The molecule has 1 saturated carbocycles. The van der Waals surface area contributed by atoms with Crippen LogP contribution in [-0.2, 0) is 6.42 Å². The largest absolute Gasteiger partial charge is 0.371 e. The van der Waals surface area contributed by atoms with Crippen molar-refractivity contribution in [2.75, 3.05) is 11.9 Å². The van der Waals surface area contributed by atoms with Crippen LogP contribution in [0.3, 0.4) is 0 Å². The summed E-state index contributed by atoms with van der Waals surface area (Å²) >= 11 is 3.59. The molecule has 0 aliphatic heterocycles. The number of nitrogens with zero attached hydrogens (tertiary/aromatic N) is 1. The van der Waals surface area contributed by atoms with E-state index in [1.54, 1.807) is 0 Å². The lowest BCUT2D eigenvalue weighted by Crippen LogP contribution is -2.32. The van der Waals surface area contributed by atoms with Crippen molar-refractivity contribution < 1.29 is 0 Å². The molecule has 2 N–H and O–H groups in total. The number of benzene rings is 1. The molecule has 2 unspecified atom stereocenters. The molecule has 2 rings (SSSR count). The molecule has 0 radical (unpaired) electrons. The van der Waals surface area contributed by atoms with Crippen molar-refractivity contribution >= 4 is 21.6 Å². The van der Waals surface area contributed by atoms with E-state index < -0.39 is 0 Å². The molecule has 0 saturated heterocycles. The van der Waals surface area contributed by atoms with E-state index in [1.165, 1.54) is 24.1 Å². The van der Waals surface area contributed by atoms with Gasteiger partial charge in [-0.3, -0.25) is 0 Å². The zero-order valence-electron chi connectivity index (χ0n) is 12.2. The first kappa shape index (κ1) is 14.9. The van der Waals surface area contributed by atoms with Gasteiger partial charge in [-0.1, -0.05) is 28.9 Å². The normalized spacial score (nSPS) is 18.2. The van der Waals surface area contributed by atoms with Crippen molar-refractivity contribution in [3.63, 3.8) is 0 Å². The van der Waals surface area contributed by atoms with E-state index in [0.717, 1.165) is 23.2 Å². The molecule has 0 amide bonds. The van der Waals surface area contributed by atoms with Crippen molar-refractivity contribution in [3.8, 4) is 0 Å². The average molecular weight is 325 g/mol. The molecule has 2 atom stereocenters. The molecule has 1 aliphatic rings. The minimum Gasteiger partial charge on any atom is -0.371 e. The minimum atomic E-state index is 0.254. The Balaban J connectivity index is 2.22.